The molecule has 0 saturated carbocycles. The normalized spacial score (nSPS) is 17.0. The second kappa shape index (κ2) is 8.20. The summed E-state index contributed by atoms with van der Waals surface area (Å²) in [6, 6.07) is 6.79. The molecule has 3 heterocycles. The highest BCUT2D eigenvalue weighted by Crippen LogP contribution is 2.27. The van der Waals surface area contributed by atoms with Crippen LogP contribution in [0.2, 0.25) is 0 Å². The fourth-order valence-electron chi connectivity index (χ4n) is 3.55. The van der Waals surface area contributed by atoms with Gasteiger partial charge in [0, 0.05) is 56.6 Å². The standard InChI is InChI=1S/C20H24FN5O2/c1-14(27-2)20-23-19(28-24-20)13-25-8-3-9-26(11-10-25)18-6-7-22-17-12-15(21)4-5-16(17)18/h4-7,12,14H,3,8-11,13H2,1-2H3. The Bertz CT molecular complexity index is 947. The Morgan fingerprint density at radius 2 is 2.11 bits per heavy atom. The van der Waals surface area contributed by atoms with Crippen LogP contribution in [0.25, 0.3) is 10.9 Å². The maximum atomic E-state index is 13.5. The number of nitrogens with zero attached hydrogens (tertiary/aromatic N) is 5. The fourth-order valence-corrected chi connectivity index (χ4v) is 3.55. The van der Waals surface area contributed by atoms with E-state index in [2.05, 4.69) is 24.9 Å². The van der Waals surface area contributed by atoms with Gasteiger partial charge in [0.25, 0.3) is 0 Å². The van der Waals surface area contributed by atoms with Crippen molar-refractivity contribution in [1.82, 2.24) is 20.0 Å². The monoisotopic (exact) mass is 385 g/mol. The molecule has 4 rings (SSSR count). The van der Waals surface area contributed by atoms with Crippen molar-refractivity contribution >= 4 is 16.6 Å². The minimum Gasteiger partial charge on any atom is -0.374 e. The molecular formula is C20H24FN5O2. The number of benzene rings is 1. The van der Waals surface area contributed by atoms with Gasteiger partial charge >= 0.3 is 0 Å². The molecule has 28 heavy (non-hydrogen) atoms. The van der Waals surface area contributed by atoms with Crippen molar-refractivity contribution in [3.8, 4) is 0 Å². The summed E-state index contributed by atoms with van der Waals surface area (Å²) in [5.41, 5.74) is 1.78. The van der Waals surface area contributed by atoms with E-state index in [1.165, 1.54) is 12.1 Å². The molecule has 1 fully saturated rings. The van der Waals surface area contributed by atoms with E-state index in [1.54, 1.807) is 13.3 Å². The first-order chi connectivity index (χ1) is 13.6. The van der Waals surface area contributed by atoms with Crippen molar-refractivity contribution < 1.29 is 13.7 Å². The Labute approximate surface area is 163 Å². The van der Waals surface area contributed by atoms with Gasteiger partial charge in [0.05, 0.1) is 12.1 Å². The van der Waals surface area contributed by atoms with Crippen LogP contribution in [-0.4, -0.2) is 53.3 Å². The fraction of sp³-hybridized carbons (Fsp3) is 0.450. The molecule has 2 aromatic heterocycles. The first kappa shape index (κ1) is 18.8. The first-order valence-electron chi connectivity index (χ1n) is 9.51. The van der Waals surface area contributed by atoms with Gasteiger partial charge in [0.1, 0.15) is 11.9 Å². The van der Waals surface area contributed by atoms with Crippen LogP contribution in [0.15, 0.2) is 35.0 Å². The molecule has 0 bridgehead atoms. The minimum atomic E-state index is -0.263. The van der Waals surface area contributed by atoms with Gasteiger partial charge in [0.15, 0.2) is 5.82 Å². The summed E-state index contributed by atoms with van der Waals surface area (Å²) in [5.74, 6) is 0.919. The number of ether oxygens (including phenoxy) is 1. The van der Waals surface area contributed by atoms with Crippen LogP contribution in [0.3, 0.4) is 0 Å². The molecule has 8 heteroatoms. The van der Waals surface area contributed by atoms with Crippen molar-refractivity contribution in [2.24, 2.45) is 0 Å². The summed E-state index contributed by atoms with van der Waals surface area (Å²) < 4.78 is 24.1. The molecule has 1 atom stereocenters. The lowest BCUT2D eigenvalue weighted by atomic mass is 10.1. The molecule has 0 N–H and O–H groups in total. The summed E-state index contributed by atoms with van der Waals surface area (Å²) in [5, 5.41) is 4.97. The number of halogens is 1. The topological polar surface area (TPSA) is 67.5 Å². The number of anilines is 1. The Hall–Kier alpha value is -2.58. The molecule has 0 radical (unpaired) electrons. The van der Waals surface area contributed by atoms with Crippen LogP contribution in [-0.2, 0) is 11.3 Å². The average molecular weight is 385 g/mol. The van der Waals surface area contributed by atoms with Gasteiger partial charge in [-0.3, -0.25) is 9.88 Å². The molecular weight excluding hydrogens is 361 g/mol. The van der Waals surface area contributed by atoms with Crippen LogP contribution in [0.1, 0.15) is 31.2 Å². The van der Waals surface area contributed by atoms with Crippen molar-refractivity contribution in [2.75, 3.05) is 38.2 Å². The number of methoxy groups -OCH3 is 1. The van der Waals surface area contributed by atoms with Gasteiger partial charge in [-0.1, -0.05) is 5.16 Å². The summed E-state index contributed by atoms with van der Waals surface area (Å²) in [6.45, 7) is 6.14. The zero-order valence-corrected chi connectivity index (χ0v) is 16.1. The van der Waals surface area contributed by atoms with Gasteiger partial charge in [-0.05, 0) is 31.5 Å². The Morgan fingerprint density at radius 1 is 1.21 bits per heavy atom. The predicted octanol–water partition coefficient (Wildman–Crippen LogP) is 3.18. The Balaban J connectivity index is 1.45. The number of hydrogen-bond donors (Lipinski definition) is 0. The van der Waals surface area contributed by atoms with Crippen LogP contribution in [0, 0.1) is 5.82 Å². The lowest BCUT2D eigenvalue weighted by Crippen LogP contribution is -2.30. The predicted molar refractivity (Wildman–Crippen MR) is 104 cm³/mol. The van der Waals surface area contributed by atoms with E-state index in [0.29, 0.717) is 23.8 Å². The zero-order chi connectivity index (χ0) is 19.5. The van der Waals surface area contributed by atoms with E-state index in [1.807, 2.05) is 19.1 Å². The highest BCUT2D eigenvalue weighted by Gasteiger charge is 2.20. The highest BCUT2D eigenvalue weighted by molar-refractivity contribution is 5.91. The molecule has 1 aliphatic heterocycles. The van der Waals surface area contributed by atoms with Gasteiger partial charge in [-0.15, -0.1) is 0 Å². The van der Waals surface area contributed by atoms with Crippen molar-refractivity contribution in [3.63, 3.8) is 0 Å². The summed E-state index contributed by atoms with van der Waals surface area (Å²) in [4.78, 5) is 13.4. The second-order valence-corrected chi connectivity index (χ2v) is 7.03. The smallest absolute Gasteiger partial charge is 0.240 e. The van der Waals surface area contributed by atoms with E-state index in [0.717, 1.165) is 43.7 Å². The highest BCUT2D eigenvalue weighted by atomic mass is 19.1. The molecule has 1 aliphatic rings. The molecule has 148 valence electrons. The Morgan fingerprint density at radius 3 is 2.96 bits per heavy atom. The number of fused-ring (bicyclic) bond motifs is 1. The van der Waals surface area contributed by atoms with Crippen molar-refractivity contribution in [2.45, 2.75) is 26.0 Å². The van der Waals surface area contributed by atoms with Crippen molar-refractivity contribution in [1.29, 1.82) is 0 Å². The third-order valence-corrected chi connectivity index (χ3v) is 5.17. The molecule has 3 aromatic rings. The van der Waals surface area contributed by atoms with Crippen LogP contribution >= 0.6 is 0 Å². The largest absolute Gasteiger partial charge is 0.374 e. The maximum absolute atomic E-state index is 13.5. The van der Waals surface area contributed by atoms with E-state index in [-0.39, 0.29) is 11.9 Å². The van der Waals surface area contributed by atoms with Crippen LogP contribution in [0.5, 0.6) is 0 Å². The van der Waals surface area contributed by atoms with Gasteiger partial charge in [-0.2, -0.15) is 4.98 Å². The molecule has 0 aliphatic carbocycles. The number of aromatic nitrogens is 3. The maximum Gasteiger partial charge on any atom is 0.240 e. The zero-order valence-electron chi connectivity index (χ0n) is 16.1. The molecule has 7 nitrogen and oxygen atoms in total. The molecule has 0 amide bonds. The van der Waals surface area contributed by atoms with Gasteiger partial charge < -0.3 is 14.2 Å². The second-order valence-electron chi connectivity index (χ2n) is 7.03. The number of hydrogen-bond acceptors (Lipinski definition) is 7. The number of pyridine rings is 1. The Kier molecular flexibility index (Phi) is 5.50. The van der Waals surface area contributed by atoms with Crippen LogP contribution in [0.4, 0.5) is 10.1 Å². The molecule has 1 unspecified atom stereocenters. The number of rotatable bonds is 5. The van der Waals surface area contributed by atoms with E-state index in [4.69, 9.17) is 9.26 Å². The third kappa shape index (κ3) is 3.98. The molecule has 1 aromatic carbocycles. The summed E-state index contributed by atoms with van der Waals surface area (Å²) in [6.07, 6.45) is 2.58. The van der Waals surface area contributed by atoms with Gasteiger partial charge in [0.2, 0.25) is 5.89 Å². The average Bonchev–Trinajstić information content (AvgIpc) is 3.05. The first-order valence-corrected chi connectivity index (χ1v) is 9.51. The van der Waals surface area contributed by atoms with Crippen molar-refractivity contribution in [3.05, 3.63) is 48.0 Å². The van der Waals surface area contributed by atoms with E-state index in [9.17, 15) is 4.39 Å². The lowest BCUT2D eigenvalue weighted by molar-refractivity contribution is 0.109. The van der Waals surface area contributed by atoms with E-state index < -0.39 is 0 Å². The molecule has 1 saturated heterocycles. The summed E-state index contributed by atoms with van der Waals surface area (Å²) >= 11 is 0. The van der Waals surface area contributed by atoms with Crippen LogP contribution < -0.4 is 4.90 Å². The third-order valence-electron chi connectivity index (χ3n) is 5.17. The lowest BCUT2D eigenvalue weighted by Gasteiger charge is -2.24. The summed E-state index contributed by atoms with van der Waals surface area (Å²) in [7, 11) is 1.63. The minimum absolute atomic E-state index is 0.179. The van der Waals surface area contributed by atoms with E-state index >= 15 is 0 Å². The van der Waals surface area contributed by atoms with Gasteiger partial charge in [-0.25, -0.2) is 4.39 Å². The SMILES string of the molecule is COC(C)c1noc(CN2CCCN(c3ccnc4cc(F)ccc34)CC2)n1. The molecule has 0 spiro atoms. The quantitative estimate of drug-likeness (QED) is 0.668.